The molecule has 1 unspecified atom stereocenters. The van der Waals surface area contributed by atoms with E-state index in [0.29, 0.717) is 0 Å². The molecule has 1 aliphatic heterocycles. The second kappa shape index (κ2) is 4.42. The van der Waals surface area contributed by atoms with E-state index in [-0.39, 0.29) is 0 Å². The summed E-state index contributed by atoms with van der Waals surface area (Å²) in [6.45, 7) is 4.38. The van der Waals surface area contributed by atoms with Crippen LogP contribution in [-0.4, -0.2) is 26.2 Å². The number of aliphatic hydroxyl groups is 1. The molecule has 1 aliphatic rings. The van der Waals surface area contributed by atoms with Gasteiger partial charge in [-0.05, 0) is 24.6 Å². The van der Waals surface area contributed by atoms with E-state index in [9.17, 15) is 5.11 Å². The van der Waals surface area contributed by atoms with Gasteiger partial charge in [0.25, 0.3) is 0 Å². The predicted molar refractivity (Wildman–Crippen MR) is 68.1 cm³/mol. The highest BCUT2D eigenvalue weighted by molar-refractivity contribution is 5.42. The molecule has 1 N–H and O–H groups in total. The zero-order chi connectivity index (χ0) is 12.5. The first-order chi connectivity index (χ1) is 8.74. The molecule has 2 aromatic rings. The molecule has 0 aromatic carbocycles. The Morgan fingerprint density at radius 1 is 1.28 bits per heavy atom. The van der Waals surface area contributed by atoms with Crippen molar-refractivity contribution in [3.63, 3.8) is 0 Å². The van der Waals surface area contributed by atoms with Gasteiger partial charge in [0.05, 0.1) is 12.6 Å². The van der Waals surface area contributed by atoms with Gasteiger partial charge in [0.2, 0.25) is 0 Å². The molecule has 0 saturated carbocycles. The van der Waals surface area contributed by atoms with Crippen LogP contribution >= 0.6 is 0 Å². The van der Waals surface area contributed by atoms with Crippen LogP contribution in [0.1, 0.15) is 24.4 Å². The highest BCUT2D eigenvalue weighted by atomic mass is 16.3. The summed E-state index contributed by atoms with van der Waals surface area (Å²) in [6.07, 6.45) is 5.13. The van der Waals surface area contributed by atoms with Gasteiger partial charge in [-0.1, -0.05) is 0 Å². The van der Waals surface area contributed by atoms with Gasteiger partial charge in [0.1, 0.15) is 11.6 Å². The van der Waals surface area contributed by atoms with Crippen molar-refractivity contribution in [3.05, 3.63) is 42.1 Å². The van der Waals surface area contributed by atoms with Crippen molar-refractivity contribution < 1.29 is 5.11 Å². The van der Waals surface area contributed by atoms with E-state index >= 15 is 0 Å². The lowest BCUT2D eigenvalue weighted by Gasteiger charge is -2.29. The molecule has 94 valence electrons. The number of imidazole rings is 1. The summed E-state index contributed by atoms with van der Waals surface area (Å²) in [7, 11) is 0. The fourth-order valence-corrected chi connectivity index (χ4v) is 2.24. The molecule has 3 rings (SSSR count). The number of fused-ring (bicyclic) bond motifs is 1. The molecule has 0 amide bonds. The Labute approximate surface area is 106 Å². The lowest BCUT2D eigenvalue weighted by molar-refractivity contribution is 0.199. The Morgan fingerprint density at radius 3 is 3.00 bits per heavy atom. The summed E-state index contributed by atoms with van der Waals surface area (Å²) >= 11 is 0. The topological polar surface area (TPSA) is 54.2 Å². The van der Waals surface area contributed by atoms with E-state index in [2.05, 4.69) is 19.4 Å². The number of hydrogen-bond donors (Lipinski definition) is 1. The van der Waals surface area contributed by atoms with Crippen molar-refractivity contribution in [2.24, 2.45) is 0 Å². The van der Waals surface area contributed by atoms with Crippen LogP contribution in [0.25, 0.3) is 0 Å². The van der Waals surface area contributed by atoms with Crippen LogP contribution in [0.2, 0.25) is 0 Å². The summed E-state index contributed by atoms with van der Waals surface area (Å²) in [5, 5.41) is 9.61. The molecule has 3 heterocycles. The molecular formula is C13H16N4O. The average Bonchev–Trinajstić information content (AvgIpc) is 2.86. The van der Waals surface area contributed by atoms with E-state index in [0.717, 1.165) is 36.8 Å². The summed E-state index contributed by atoms with van der Waals surface area (Å²) in [5.74, 6) is 1.97. The van der Waals surface area contributed by atoms with Crippen molar-refractivity contribution in [1.29, 1.82) is 0 Å². The smallest absolute Gasteiger partial charge is 0.129 e. The number of hydrogen-bond acceptors (Lipinski definition) is 4. The summed E-state index contributed by atoms with van der Waals surface area (Å²) in [4.78, 5) is 10.9. The standard InChI is InChI=1S/C13H16N4O/c1-10(18)11-2-3-14-12(8-11)17-7-6-16-5-4-15-13(16)9-17/h2-5,8,10,18H,6-7,9H2,1H3. The van der Waals surface area contributed by atoms with Crippen molar-refractivity contribution in [2.75, 3.05) is 11.4 Å². The fourth-order valence-electron chi connectivity index (χ4n) is 2.24. The van der Waals surface area contributed by atoms with Gasteiger partial charge in [-0.2, -0.15) is 0 Å². The summed E-state index contributed by atoms with van der Waals surface area (Å²) in [6, 6.07) is 3.79. The number of anilines is 1. The van der Waals surface area contributed by atoms with E-state index < -0.39 is 6.10 Å². The van der Waals surface area contributed by atoms with Crippen LogP contribution in [0.4, 0.5) is 5.82 Å². The minimum Gasteiger partial charge on any atom is -0.389 e. The Balaban J connectivity index is 1.86. The molecular weight excluding hydrogens is 228 g/mol. The van der Waals surface area contributed by atoms with Crippen LogP contribution in [-0.2, 0) is 13.1 Å². The largest absolute Gasteiger partial charge is 0.389 e. The number of pyridine rings is 1. The molecule has 0 bridgehead atoms. The maximum Gasteiger partial charge on any atom is 0.129 e. The zero-order valence-electron chi connectivity index (χ0n) is 10.3. The first-order valence-corrected chi connectivity index (χ1v) is 6.13. The van der Waals surface area contributed by atoms with Gasteiger partial charge in [-0.25, -0.2) is 9.97 Å². The highest BCUT2D eigenvalue weighted by Crippen LogP contribution is 2.21. The maximum atomic E-state index is 9.61. The van der Waals surface area contributed by atoms with Gasteiger partial charge in [0, 0.05) is 31.7 Å². The van der Waals surface area contributed by atoms with Gasteiger partial charge < -0.3 is 14.6 Å². The summed E-state index contributed by atoms with van der Waals surface area (Å²) in [5.41, 5.74) is 0.897. The molecule has 1 atom stereocenters. The number of rotatable bonds is 2. The second-order valence-electron chi connectivity index (χ2n) is 4.58. The predicted octanol–water partition coefficient (Wildman–Crippen LogP) is 1.35. The van der Waals surface area contributed by atoms with E-state index in [4.69, 9.17) is 0 Å². The monoisotopic (exact) mass is 244 g/mol. The van der Waals surface area contributed by atoms with Crippen LogP contribution in [0.15, 0.2) is 30.7 Å². The van der Waals surface area contributed by atoms with E-state index in [1.807, 2.05) is 24.5 Å². The van der Waals surface area contributed by atoms with Gasteiger partial charge in [-0.15, -0.1) is 0 Å². The normalized spacial score (nSPS) is 16.4. The van der Waals surface area contributed by atoms with E-state index in [1.54, 1.807) is 13.1 Å². The molecule has 0 aliphatic carbocycles. The molecule has 0 fully saturated rings. The van der Waals surface area contributed by atoms with Crippen molar-refractivity contribution >= 4 is 5.82 Å². The van der Waals surface area contributed by atoms with Crippen LogP contribution in [0.5, 0.6) is 0 Å². The lowest BCUT2D eigenvalue weighted by Crippen LogP contribution is -2.34. The first kappa shape index (κ1) is 11.2. The molecule has 0 saturated heterocycles. The van der Waals surface area contributed by atoms with Crippen molar-refractivity contribution in [2.45, 2.75) is 26.1 Å². The molecule has 2 aromatic heterocycles. The third kappa shape index (κ3) is 1.97. The van der Waals surface area contributed by atoms with Crippen LogP contribution in [0.3, 0.4) is 0 Å². The highest BCUT2D eigenvalue weighted by Gasteiger charge is 2.18. The molecule has 5 nitrogen and oxygen atoms in total. The Hall–Kier alpha value is -1.88. The van der Waals surface area contributed by atoms with Crippen molar-refractivity contribution in [1.82, 2.24) is 14.5 Å². The van der Waals surface area contributed by atoms with Crippen molar-refractivity contribution in [3.8, 4) is 0 Å². The number of nitrogens with zero attached hydrogens (tertiary/aromatic N) is 4. The average molecular weight is 244 g/mol. The van der Waals surface area contributed by atoms with Crippen LogP contribution < -0.4 is 4.90 Å². The number of aromatic nitrogens is 3. The summed E-state index contributed by atoms with van der Waals surface area (Å²) < 4.78 is 2.16. The minimum atomic E-state index is -0.460. The molecule has 0 radical (unpaired) electrons. The Kier molecular flexibility index (Phi) is 2.76. The van der Waals surface area contributed by atoms with Gasteiger partial charge in [-0.3, -0.25) is 0 Å². The quantitative estimate of drug-likeness (QED) is 0.866. The second-order valence-corrected chi connectivity index (χ2v) is 4.58. The Morgan fingerprint density at radius 2 is 2.17 bits per heavy atom. The third-order valence-electron chi connectivity index (χ3n) is 3.32. The molecule has 5 heteroatoms. The van der Waals surface area contributed by atoms with E-state index in [1.165, 1.54) is 0 Å². The maximum absolute atomic E-state index is 9.61. The van der Waals surface area contributed by atoms with Crippen LogP contribution in [0, 0.1) is 0 Å². The fraction of sp³-hybridized carbons (Fsp3) is 0.385. The zero-order valence-corrected chi connectivity index (χ0v) is 10.3. The van der Waals surface area contributed by atoms with Gasteiger partial charge >= 0.3 is 0 Å². The first-order valence-electron chi connectivity index (χ1n) is 6.13. The molecule has 18 heavy (non-hydrogen) atoms. The molecule has 0 spiro atoms. The number of aliphatic hydroxyl groups excluding tert-OH is 1. The van der Waals surface area contributed by atoms with Gasteiger partial charge in [0.15, 0.2) is 0 Å². The third-order valence-corrected chi connectivity index (χ3v) is 3.32. The Bertz CT molecular complexity index is 549. The minimum absolute atomic E-state index is 0.460. The SMILES string of the molecule is CC(O)c1ccnc(N2CCn3ccnc3C2)c1. The lowest BCUT2D eigenvalue weighted by atomic mass is 10.1.